The Morgan fingerprint density at radius 1 is 0.727 bits per heavy atom. The predicted molar refractivity (Wildman–Crippen MR) is 70.8 cm³/mol. The van der Waals surface area contributed by atoms with Gasteiger partial charge in [0, 0.05) is 0 Å². The van der Waals surface area contributed by atoms with Crippen LogP contribution in [0.15, 0.2) is 0 Å². The van der Waals surface area contributed by atoms with Gasteiger partial charge in [0.2, 0.25) is 0 Å². The summed E-state index contributed by atoms with van der Waals surface area (Å²) < 4.78 is 74.2. The lowest BCUT2D eigenvalue weighted by atomic mass is 10.8. The van der Waals surface area contributed by atoms with Gasteiger partial charge in [0.15, 0.2) is 13.7 Å². The van der Waals surface area contributed by atoms with E-state index in [9.17, 15) is 17.9 Å². The summed E-state index contributed by atoms with van der Waals surface area (Å²) >= 11 is 0. The quantitative estimate of drug-likeness (QED) is 0.280. The molecule has 126 valence electrons. The van der Waals surface area contributed by atoms with Crippen molar-refractivity contribution in [3.05, 3.63) is 0 Å². The Morgan fingerprint density at radius 3 is 1.36 bits per heavy atom. The lowest BCUT2D eigenvalue weighted by Gasteiger charge is -2.17. The first-order valence-electron chi connectivity index (χ1n) is 5.51. The van der Waals surface area contributed by atoms with Crippen LogP contribution in [-0.2, 0) is 36.3 Å². The zero-order valence-corrected chi connectivity index (χ0v) is 13.1. The van der Waals surface area contributed by atoms with Crippen molar-refractivity contribution in [2.24, 2.45) is 0 Å². The molecule has 0 saturated carbocycles. The van der Waals surface area contributed by atoms with E-state index in [-0.39, 0.29) is 0 Å². The number of alkyl halides is 2. The number of terminal acetylenes is 2. The maximum atomic E-state index is 12.1. The molecule has 0 aromatic carbocycles. The third-order valence-corrected chi connectivity index (χ3v) is 4.32. The molecule has 2 atom stereocenters. The van der Waals surface area contributed by atoms with E-state index in [1.165, 1.54) is 0 Å². The number of phosphoric acid groups is 2. The molecule has 0 rings (SSSR count). The topological polar surface area (TPSA) is 89.5 Å². The molecule has 0 aliphatic rings. The smallest absolute Gasteiger partial charge is 0.284 e. The van der Waals surface area contributed by atoms with Crippen LogP contribution in [0.2, 0.25) is 0 Å². The highest BCUT2D eigenvalue weighted by Gasteiger charge is 2.29. The van der Waals surface area contributed by atoms with Crippen molar-refractivity contribution in [3.63, 3.8) is 0 Å². The zero-order chi connectivity index (χ0) is 16.9. The van der Waals surface area contributed by atoms with Crippen LogP contribution in [0, 0.1) is 24.7 Å². The van der Waals surface area contributed by atoms with Crippen LogP contribution in [0.5, 0.6) is 0 Å². The number of rotatable bonds is 13. The van der Waals surface area contributed by atoms with Gasteiger partial charge in [-0.25, -0.2) is 17.9 Å². The highest BCUT2D eigenvalue weighted by atomic mass is 31.2. The molecule has 0 amide bonds. The van der Waals surface area contributed by atoms with Crippen LogP contribution in [0.3, 0.4) is 0 Å². The van der Waals surface area contributed by atoms with Gasteiger partial charge in [-0.15, -0.1) is 12.8 Å². The molecule has 0 aromatic rings. The Bertz CT molecular complexity index is 442. The maximum Gasteiger partial charge on any atom is 0.478 e. The predicted octanol–water partition coefficient (Wildman–Crippen LogP) is 2.42. The number of hydrogen-bond donors (Lipinski definition) is 0. The molecule has 0 bridgehead atoms. The SMILES string of the molecule is C#CCOP(=O)(OCF)OCCOP(=O)(OCF)OCC#C. The molecule has 0 aliphatic carbocycles. The highest BCUT2D eigenvalue weighted by molar-refractivity contribution is 7.48. The number of hydrogen-bond acceptors (Lipinski definition) is 8. The fraction of sp³-hybridized carbons (Fsp3) is 0.600. The molecule has 0 radical (unpaired) electrons. The molecular weight excluding hydrogens is 348 g/mol. The third-order valence-electron chi connectivity index (χ3n) is 1.61. The van der Waals surface area contributed by atoms with Crippen molar-refractivity contribution in [2.75, 3.05) is 40.1 Å². The molecule has 0 spiro atoms. The second-order valence-corrected chi connectivity index (χ2v) is 6.33. The third kappa shape index (κ3) is 9.26. The molecule has 0 heterocycles. The van der Waals surface area contributed by atoms with Gasteiger partial charge in [-0.1, -0.05) is 11.8 Å². The maximum absolute atomic E-state index is 12.1. The van der Waals surface area contributed by atoms with Crippen molar-refractivity contribution < 1.29 is 45.1 Å². The van der Waals surface area contributed by atoms with Crippen LogP contribution in [0.4, 0.5) is 8.78 Å². The molecule has 2 unspecified atom stereocenters. The lowest BCUT2D eigenvalue weighted by Crippen LogP contribution is -2.08. The van der Waals surface area contributed by atoms with Crippen LogP contribution in [0.25, 0.3) is 0 Å². The fourth-order valence-electron chi connectivity index (χ4n) is 0.874. The Labute approximate surface area is 126 Å². The van der Waals surface area contributed by atoms with E-state index in [4.69, 9.17) is 12.8 Å². The summed E-state index contributed by atoms with van der Waals surface area (Å²) in [6.07, 6.45) is 9.75. The molecule has 0 fully saturated rings. The molecule has 12 heteroatoms. The standard InChI is InChI=1S/C10H14F2O8P2/c1-3-5-15-21(13,19-9-11)17-7-8-18-22(14,20-10-12)16-6-4-2/h1-2H,5-10H2. The fourth-order valence-corrected chi connectivity index (χ4v) is 2.62. The zero-order valence-electron chi connectivity index (χ0n) is 11.3. The average molecular weight is 362 g/mol. The minimum Gasteiger partial charge on any atom is -0.284 e. The van der Waals surface area contributed by atoms with E-state index < -0.39 is 55.8 Å². The van der Waals surface area contributed by atoms with Gasteiger partial charge in [-0.2, -0.15) is 0 Å². The first-order chi connectivity index (χ1) is 10.4. The van der Waals surface area contributed by atoms with E-state index in [1.807, 2.05) is 11.8 Å². The van der Waals surface area contributed by atoms with Crippen molar-refractivity contribution in [1.29, 1.82) is 0 Å². The van der Waals surface area contributed by atoms with Gasteiger partial charge in [-0.3, -0.25) is 27.1 Å². The molecular formula is C10H14F2O8P2. The van der Waals surface area contributed by atoms with E-state index in [0.29, 0.717) is 0 Å². The van der Waals surface area contributed by atoms with E-state index >= 15 is 0 Å². The van der Waals surface area contributed by atoms with Crippen LogP contribution >= 0.6 is 15.6 Å². The van der Waals surface area contributed by atoms with Gasteiger partial charge in [0.1, 0.15) is 13.2 Å². The van der Waals surface area contributed by atoms with Gasteiger partial charge < -0.3 is 0 Å². The average Bonchev–Trinajstić information content (AvgIpc) is 2.49. The van der Waals surface area contributed by atoms with Crippen molar-refractivity contribution in [3.8, 4) is 24.7 Å². The Hall–Kier alpha value is -0.800. The lowest BCUT2D eigenvalue weighted by molar-refractivity contribution is 0.0560. The summed E-state index contributed by atoms with van der Waals surface area (Å²) in [4.78, 5) is 0. The first-order valence-corrected chi connectivity index (χ1v) is 8.43. The molecule has 8 nitrogen and oxygen atoms in total. The largest absolute Gasteiger partial charge is 0.478 e. The molecule has 0 aromatic heterocycles. The van der Waals surface area contributed by atoms with Crippen molar-refractivity contribution in [1.82, 2.24) is 0 Å². The Balaban J connectivity index is 4.35. The summed E-state index contributed by atoms with van der Waals surface area (Å²) in [6.45, 7) is -4.85. The van der Waals surface area contributed by atoms with Crippen LogP contribution in [-0.4, -0.2) is 40.1 Å². The molecule has 0 N–H and O–H groups in total. The summed E-state index contributed by atoms with van der Waals surface area (Å²) in [5, 5.41) is 0. The number of phosphoric ester groups is 2. The van der Waals surface area contributed by atoms with Gasteiger partial charge in [-0.05, 0) is 0 Å². The summed E-state index contributed by atoms with van der Waals surface area (Å²) in [5.74, 6) is 3.97. The van der Waals surface area contributed by atoms with Crippen LogP contribution < -0.4 is 0 Å². The Morgan fingerprint density at radius 2 is 1.09 bits per heavy atom. The molecule has 22 heavy (non-hydrogen) atoms. The molecule has 0 saturated heterocycles. The normalized spacial score (nSPS) is 16.2. The highest BCUT2D eigenvalue weighted by Crippen LogP contribution is 2.51. The van der Waals surface area contributed by atoms with Crippen molar-refractivity contribution in [2.45, 2.75) is 0 Å². The first kappa shape index (κ1) is 21.2. The van der Waals surface area contributed by atoms with Gasteiger partial charge in [0.05, 0.1) is 13.2 Å². The summed E-state index contributed by atoms with van der Waals surface area (Å²) in [6, 6.07) is 0. The van der Waals surface area contributed by atoms with E-state index in [2.05, 4.69) is 27.1 Å². The van der Waals surface area contributed by atoms with Crippen molar-refractivity contribution >= 4 is 15.6 Å². The van der Waals surface area contributed by atoms with Gasteiger partial charge >= 0.3 is 15.6 Å². The Kier molecular flexibility index (Phi) is 11.3. The minimum absolute atomic E-state index is 0.452. The van der Waals surface area contributed by atoms with E-state index in [1.54, 1.807) is 0 Å². The van der Waals surface area contributed by atoms with E-state index in [0.717, 1.165) is 0 Å². The summed E-state index contributed by atoms with van der Waals surface area (Å²) in [7, 11) is -8.46. The number of halogens is 2. The molecule has 0 aliphatic heterocycles. The monoisotopic (exact) mass is 362 g/mol. The van der Waals surface area contributed by atoms with Gasteiger partial charge in [0.25, 0.3) is 0 Å². The van der Waals surface area contributed by atoms with Crippen LogP contribution in [0.1, 0.15) is 0 Å². The summed E-state index contributed by atoms with van der Waals surface area (Å²) in [5.41, 5.74) is 0. The minimum atomic E-state index is -4.23. The second-order valence-electron chi connectivity index (χ2n) is 2.99. The second kappa shape index (κ2) is 11.7.